The Bertz CT molecular complexity index is 547. The third-order valence-electron chi connectivity index (χ3n) is 2.68. The fourth-order valence-electron chi connectivity index (χ4n) is 1.67. The van der Waals surface area contributed by atoms with E-state index < -0.39 is 0 Å². The van der Waals surface area contributed by atoms with Crippen LogP contribution in [0.15, 0.2) is 58.3 Å². The number of hydrogen-bond donors (Lipinski definition) is 0. The van der Waals surface area contributed by atoms with Gasteiger partial charge in [0.2, 0.25) is 0 Å². The zero-order valence-corrected chi connectivity index (χ0v) is 12.0. The third-order valence-corrected chi connectivity index (χ3v) is 4.15. The van der Waals surface area contributed by atoms with Gasteiger partial charge in [-0.1, -0.05) is 12.1 Å². The van der Waals surface area contributed by atoms with Gasteiger partial charge in [0, 0.05) is 20.9 Å². The van der Waals surface area contributed by atoms with E-state index >= 15 is 0 Å². The smallest absolute Gasteiger partial charge is 0.193 e. The second-order valence-corrected chi connectivity index (χ2v) is 5.55. The summed E-state index contributed by atoms with van der Waals surface area (Å²) >= 11 is 3.32. The lowest BCUT2D eigenvalue weighted by Gasteiger charge is -2.04. The topological polar surface area (TPSA) is 17.1 Å². The van der Waals surface area contributed by atoms with Crippen LogP contribution in [0, 0.1) is 0 Å². The van der Waals surface area contributed by atoms with Crippen LogP contribution in [0.1, 0.15) is 15.9 Å². The van der Waals surface area contributed by atoms with Gasteiger partial charge >= 0.3 is 0 Å². The Morgan fingerprint density at radius 3 is 2.11 bits per heavy atom. The quantitative estimate of drug-likeness (QED) is 0.609. The molecule has 0 bridgehead atoms. The van der Waals surface area contributed by atoms with Crippen LogP contribution >= 0.6 is 23.5 Å². The van der Waals surface area contributed by atoms with Gasteiger partial charge in [-0.05, 0) is 48.9 Å². The summed E-state index contributed by atoms with van der Waals surface area (Å²) in [7, 11) is 0. The molecule has 0 saturated heterocycles. The van der Waals surface area contributed by atoms with Gasteiger partial charge in [0.1, 0.15) is 0 Å². The Balaban J connectivity index is 2.29. The molecule has 0 aliphatic rings. The maximum absolute atomic E-state index is 12.3. The minimum absolute atomic E-state index is 0.0820. The van der Waals surface area contributed by atoms with Gasteiger partial charge in [0.05, 0.1) is 0 Å². The zero-order chi connectivity index (χ0) is 13.0. The van der Waals surface area contributed by atoms with Crippen LogP contribution in [0.4, 0.5) is 0 Å². The van der Waals surface area contributed by atoms with E-state index in [2.05, 4.69) is 0 Å². The maximum Gasteiger partial charge on any atom is 0.193 e. The first-order chi connectivity index (χ1) is 8.74. The highest BCUT2D eigenvalue weighted by Crippen LogP contribution is 2.20. The summed E-state index contributed by atoms with van der Waals surface area (Å²) in [4.78, 5) is 14.6. The van der Waals surface area contributed by atoms with Crippen molar-refractivity contribution >= 4 is 29.3 Å². The van der Waals surface area contributed by atoms with Gasteiger partial charge in [0.15, 0.2) is 5.78 Å². The van der Waals surface area contributed by atoms with Crippen LogP contribution in [-0.4, -0.2) is 18.3 Å². The van der Waals surface area contributed by atoms with Gasteiger partial charge < -0.3 is 0 Å². The average molecular weight is 274 g/mol. The minimum atomic E-state index is 0.0820. The lowest BCUT2D eigenvalue weighted by molar-refractivity contribution is 0.103. The zero-order valence-electron chi connectivity index (χ0n) is 10.3. The van der Waals surface area contributed by atoms with Crippen molar-refractivity contribution in [1.29, 1.82) is 0 Å². The summed E-state index contributed by atoms with van der Waals surface area (Å²) in [6, 6.07) is 15.5. The average Bonchev–Trinajstić information content (AvgIpc) is 2.46. The van der Waals surface area contributed by atoms with E-state index in [1.165, 1.54) is 4.90 Å². The van der Waals surface area contributed by atoms with Crippen molar-refractivity contribution < 1.29 is 4.79 Å². The number of benzene rings is 2. The largest absolute Gasteiger partial charge is 0.289 e. The van der Waals surface area contributed by atoms with Gasteiger partial charge in [0.25, 0.3) is 0 Å². The summed E-state index contributed by atoms with van der Waals surface area (Å²) in [5.74, 6) is 0.0820. The van der Waals surface area contributed by atoms with Crippen LogP contribution in [0.2, 0.25) is 0 Å². The Labute approximate surface area is 116 Å². The lowest BCUT2D eigenvalue weighted by atomic mass is 10.0. The van der Waals surface area contributed by atoms with Crippen LogP contribution in [0.3, 0.4) is 0 Å². The van der Waals surface area contributed by atoms with E-state index in [0.717, 1.165) is 16.0 Å². The normalized spacial score (nSPS) is 10.3. The first kappa shape index (κ1) is 13.2. The fraction of sp³-hybridized carbons (Fsp3) is 0.133. The second-order valence-electron chi connectivity index (χ2n) is 3.79. The fourth-order valence-corrected chi connectivity index (χ4v) is 2.54. The molecule has 1 nitrogen and oxygen atoms in total. The third kappa shape index (κ3) is 2.98. The molecular weight excluding hydrogens is 260 g/mol. The highest BCUT2D eigenvalue weighted by atomic mass is 32.2. The molecule has 0 aromatic heterocycles. The SMILES string of the molecule is CSc1ccc(C(=O)c2cccc(SC)c2)cc1. The van der Waals surface area contributed by atoms with E-state index in [0.29, 0.717) is 0 Å². The lowest BCUT2D eigenvalue weighted by Crippen LogP contribution is -2.00. The molecular formula is C15H14OS2. The molecule has 0 aliphatic heterocycles. The van der Waals surface area contributed by atoms with E-state index in [4.69, 9.17) is 0 Å². The molecule has 18 heavy (non-hydrogen) atoms. The monoisotopic (exact) mass is 274 g/mol. The van der Waals surface area contributed by atoms with Crippen molar-refractivity contribution in [3.63, 3.8) is 0 Å². The molecule has 0 spiro atoms. The highest BCUT2D eigenvalue weighted by molar-refractivity contribution is 7.98. The number of rotatable bonds is 4. The number of ketones is 1. The predicted octanol–water partition coefficient (Wildman–Crippen LogP) is 4.36. The minimum Gasteiger partial charge on any atom is -0.289 e. The molecule has 0 N–H and O–H groups in total. The molecule has 0 amide bonds. The van der Waals surface area contributed by atoms with E-state index in [-0.39, 0.29) is 5.78 Å². The van der Waals surface area contributed by atoms with Crippen molar-refractivity contribution in [2.24, 2.45) is 0 Å². The van der Waals surface area contributed by atoms with Gasteiger partial charge in [-0.15, -0.1) is 23.5 Å². The number of hydrogen-bond acceptors (Lipinski definition) is 3. The van der Waals surface area contributed by atoms with Crippen LogP contribution < -0.4 is 0 Å². The van der Waals surface area contributed by atoms with E-state index in [9.17, 15) is 4.79 Å². The molecule has 2 rings (SSSR count). The molecule has 0 heterocycles. The van der Waals surface area contributed by atoms with Crippen LogP contribution in [0.25, 0.3) is 0 Å². The van der Waals surface area contributed by atoms with E-state index in [1.54, 1.807) is 23.5 Å². The molecule has 0 atom stereocenters. The number of carbonyl (C=O) groups excluding carboxylic acids is 1. The number of thioether (sulfide) groups is 2. The van der Waals surface area contributed by atoms with Gasteiger partial charge in [-0.25, -0.2) is 0 Å². The molecule has 0 saturated carbocycles. The summed E-state index contributed by atoms with van der Waals surface area (Å²) < 4.78 is 0. The molecule has 2 aromatic rings. The Hall–Kier alpha value is -1.19. The standard InChI is InChI=1S/C15H14OS2/c1-17-13-8-6-11(7-9-13)15(16)12-4-3-5-14(10-12)18-2/h3-10H,1-2H3. The first-order valence-corrected chi connectivity index (χ1v) is 8.02. The maximum atomic E-state index is 12.3. The first-order valence-electron chi connectivity index (χ1n) is 5.57. The predicted molar refractivity (Wildman–Crippen MR) is 79.9 cm³/mol. The van der Waals surface area contributed by atoms with Crippen molar-refractivity contribution in [2.45, 2.75) is 9.79 Å². The molecule has 92 valence electrons. The molecule has 3 heteroatoms. The highest BCUT2D eigenvalue weighted by Gasteiger charge is 2.09. The van der Waals surface area contributed by atoms with Crippen LogP contribution in [0.5, 0.6) is 0 Å². The molecule has 0 fully saturated rings. The van der Waals surface area contributed by atoms with E-state index in [1.807, 2.05) is 61.0 Å². The van der Waals surface area contributed by atoms with Crippen molar-refractivity contribution in [3.8, 4) is 0 Å². The molecule has 0 radical (unpaired) electrons. The summed E-state index contributed by atoms with van der Waals surface area (Å²) in [5.41, 5.74) is 1.49. The summed E-state index contributed by atoms with van der Waals surface area (Å²) in [5, 5.41) is 0. The molecule has 0 unspecified atom stereocenters. The number of carbonyl (C=O) groups is 1. The Kier molecular flexibility index (Phi) is 4.50. The van der Waals surface area contributed by atoms with Crippen LogP contribution in [-0.2, 0) is 0 Å². The second kappa shape index (κ2) is 6.12. The van der Waals surface area contributed by atoms with Crippen molar-refractivity contribution in [2.75, 3.05) is 12.5 Å². The Morgan fingerprint density at radius 2 is 1.50 bits per heavy atom. The summed E-state index contributed by atoms with van der Waals surface area (Å²) in [6.07, 6.45) is 4.04. The Morgan fingerprint density at radius 1 is 0.833 bits per heavy atom. The van der Waals surface area contributed by atoms with Gasteiger partial charge in [-0.3, -0.25) is 4.79 Å². The summed E-state index contributed by atoms with van der Waals surface area (Å²) in [6.45, 7) is 0. The van der Waals surface area contributed by atoms with Crippen molar-refractivity contribution in [3.05, 3.63) is 59.7 Å². The molecule has 0 aliphatic carbocycles. The molecule has 2 aromatic carbocycles. The van der Waals surface area contributed by atoms with Gasteiger partial charge in [-0.2, -0.15) is 0 Å². The van der Waals surface area contributed by atoms with Crippen molar-refractivity contribution in [1.82, 2.24) is 0 Å².